The highest BCUT2D eigenvalue weighted by molar-refractivity contribution is 7.98. The monoisotopic (exact) mass is 378 g/mol. The van der Waals surface area contributed by atoms with Crippen LogP contribution >= 0.6 is 23.1 Å². The Morgan fingerprint density at radius 2 is 2.08 bits per heavy atom. The quantitative estimate of drug-likeness (QED) is 0.486. The third-order valence-corrected chi connectivity index (χ3v) is 5.85. The van der Waals surface area contributed by atoms with Crippen molar-refractivity contribution in [1.82, 2.24) is 14.5 Å². The number of amides is 1. The lowest BCUT2D eigenvalue weighted by Crippen LogP contribution is -2.31. The highest BCUT2D eigenvalue weighted by Crippen LogP contribution is 2.23. The first-order valence-electron chi connectivity index (χ1n) is 7.85. The molecule has 2 aromatic heterocycles. The molecule has 0 saturated heterocycles. The minimum Gasteiger partial charge on any atom is -0.300 e. The summed E-state index contributed by atoms with van der Waals surface area (Å²) in [5.41, 5.74) is 2.03. The fraction of sp³-hybridized carbons (Fsp3) is 0.438. The zero-order valence-corrected chi connectivity index (χ0v) is 15.8. The van der Waals surface area contributed by atoms with Gasteiger partial charge in [-0.05, 0) is 32.4 Å². The van der Waals surface area contributed by atoms with Crippen molar-refractivity contribution >= 4 is 39.9 Å². The number of carbonyl (C=O) groups is 2. The number of thioether (sulfide) groups is 1. The summed E-state index contributed by atoms with van der Waals surface area (Å²) in [4.78, 5) is 45.7. The second-order valence-electron chi connectivity index (χ2n) is 5.81. The first-order chi connectivity index (χ1) is 11.9. The molecule has 0 unspecified atom stereocenters. The number of thiazole rings is 1. The summed E-state index contributed by atoms with van der Waals surface area (Å²) >= 11 is 2.49. The van der Waals surface area contributed by atoms with Gasteiger partial charge < -0.3 is 5.32 Å². The molecule has 3 rings (SSSR count). The first kappa shape index (κ1) is 17.8. The zero-order valence-electron chi connectivity index (χ0n) is 14.2. The van der Waals surface area contributed by atoms with E-state index >= 15 is 0 Å². The molecule has 9 heteroatoms. The molecule has 7 nitrogen and oxygen atoms in total. The summed E-state index contributed by atoms with van der Waals surface area (Å²) in [7, 11) is 0. The van der Waals surface area contributed by atoms with Gasteiger partial charge >= 0.3 is 0 Å². The molecule has 1 N–H and O–H groups in total. The van der Waals surface area contributed by atoms with E-state index in [0.717, 1.165) is 35.4 Å². The van der Waals surface area contributed by atoms with E-state index in [2.05, 4.69) is 15.3 Å². The molecule has 0 aromatic carbocycles. The number of nitrogens with one attached hydrogen (secondary N) is 1. The largest absolute Gasteiger partial charge is 0.300 e. The Balaban J connectivity index is 1.83. The van der Waals surface area contributed by atoms with Crippen LogP contribution in [0.3, 0.4) is 0 Å². The number of hydrogen-bond acceptors (Lipinski definition) is 7. The molecule has 0 aliphatic heterocycles. The van der Waals surface area contributed by atoms with E-state index in [0.29, 0.717) is 27.3 Å². The van der Waals surface area contributed by atoms with Crippen molar-refractivity contribution in [2.45, 2.75) is 44.8 Å². The Hall–Kier alpha value is -2.00. The van der Waals surface area contributed by atoms with Gasteiger partial charge in [0.25, 0.3) is 5.56 Å². The second kappa shape index (κ2) is 7.09. The van der Waals surface area contributed by atoms with Crippen LogP contribution in [-0.4, -0.2) is 32.5 Å². The highest BCUT2D eigenvalue weighted by atomic mass is 32.2. The highest BCUT2D eigenvalue weighted by Gasteiger charge is 2.22. The molecule has 1 amide bonds. The predicted octanol–water partition coefficient (Wildman–Crippen LogP) is 2.06. The van der Waals surface area contributed by atoms with Crippen LogP contribution in [-0.2, 0) is 24.2 Å². The van der Waals surface area contributed by atoms with E-state index in [1.54, 1.807) is 6.92 Å². The van der Waals surface area contributed by atoms with Gasteiger partial charge in [0.1, 0.15) is 6.54 Å². The number of fused-ring (bicyclic) bond motifs is 1. The number of Topliss-reactive ketones (excluding diaryl/α,β-unsaturated/α-hetero) is 1. The molecular formula is C16H18N4O3S2. The summed E-state index contributed by atoms with van der Waals surface area (Å²) in [5.74, 6) is -0.444. The van der Waals surface area contributed by atoms with E-state index in [-0.39, 0.29) is 23.8 Å². The lowest BCUT2D eigenvalue weighted by atomic mass is 10.2. The lowest BCUT2D eigenvalue weighted by Gasteiger charge is -2.12. The summed E-state index contributed by atoms with van der Waals surface area (Å²) in [6.45, 7) is 3.07. The maximum Gasteiger partial charge on any atom is 0.258 e. The Labute approximate surface area is 152 Å². The van der Waals surface area contributed by atoms with Crippen molar-refractivity contribution in [2.24, 2.45) is 0 Å². The summed E-state index contributed by atoms with van der Waals surface area (Å²) in [6, 6.07) is 0. The summed E-state index contributed by atoms with van der Waals surface area (Å²) in [6.07, 6.45) is 4.29. The van der Waals surface area contributed by atoms with Crippen LogP contribution in [0.1, 0.15) is 40.0 Å². The van der Waals surface area contributed by atoms with Gasteiger partial charge in [0, 0.05) is 12.5 Å². The van der Waals surface area contributed by atoms with Crippen LogP contribution in [0.15, 0.2) is 9.95 Å². The number of nitrogens with zero attached hydrogens (tertiary/aromatic N) is 3. The van der Waals surface area contributed by atoms with Crippen molar-refractivity contribution in [3.05, 3.63) is 32.2 Å². The van der Waals surface area contributed by atoms with Crippen LogP contribution < -0.4 is 10.9 Å². The van der Waals surface area contributed by atoms with Gasteiger partial charge in [0.15, 0.2) is 16.1 Å². The normalized spacial score (nSPS) is 12.9. The molecule has 0 atom stereocenters. The van der Waals surface area contributed by atoms with Crippen molar-refractivity contribution in [2.75, 3.05) is 11.6 Å². The van der Waals surface area contributed by atoms with Crippen LogP contribution in [0.5, 0.6) is 0 Å². The molecule has 1 aliphatic carbocycles. The molecule has 132 valence electrons. The van der Waals surface area contributed by atoms with Crippen LogP contribution in [0.25, 0.3) is 0 Å². The molecule has 0 saturated carbocycles. The standard InChI is InChI=1S/C16H18N4O3S2/c1-8-13(9(2)21)25-15(17-8)19-12(22)7-20-14(23)10-5-4-6-11(10)18-16(20)24-3/h4-7H2,1-3H3,(H,17,19,22). The van der Waals surface area contributed by atoms with Gasteiger partial charge in [0.05, 0.1) is 16.3 Å². The van der Waals surface area contributed by atoms with E-state index in [9.17, 15) is 14.4 Å². The predicted molar refractivity (Wildman–Crippen MR) is 97.8 cm³/mol. The van der Waals surface area contributed by atoms with Gasteiger partial charge in [-0.3, -0.25) is 19.0 Å². The van der Waals surface area contributed by atoms with Crippen LogP contribution in [0.2, 0.25) is 0 Å². The van der Waals surface area contributed by atoms with Crippen LogP contribution in [0, 0.1) is 6.92 Å². The smallest absolute Gasteiger partial charge is 0.258 e. The Kier molecular flexibility index (Phi) is 5.05. The summed E-state index contributed by atoms with van der Waals surface area (Å²) in [5, 5.41) is 3.58. The van der Waals surface area contributed by atoms with Gasteiger partial charge in [-0.1, -0.05) is 23.1 Å². The number of aryl methyl sites for hydroxylation is 2. The minimum absolute atomic E-state index is 0.0841. The van der Waals surface area contributed by atoms with Gasteiger partial charge in [-0.15, -0.1) is 0 Å². The Bertz CT molecular complexity index is 917. The topological polar surface area (TPSA) is 93.9 Å². The lowest BCUT2D eigenvalue weighted by molar-refractivity contribution is -0.116. The van der Waals surface area contributed by atoms with Crippen molar-refractivity contribution in [3.8, 4) is 0 Å². The molecule has 0 spiro atoms. The van der Waals surface area contributed by atoms with E-state index in [4.69, 9.17) is 0 Å². The zero-order chi connectivity index (χ0) is 18.1. The summed E-state index contributed by atoms with van der Waals surface area (Å²) < 4.78 is 1.41. The number of hydrogen-bond donors (Lipinski definition) is 1. The minimum atomic E-state index is -0.360. The number of anilines is 1. The van der Waals surface area contributed by atoms with Crippen molar-refractivity contribution in [1.29, 1.82) is 0 Å². The first-order valence-corrected chi connectivity index (χ1v) is 9.89. The number of aromatic nitrogens is 3. The molecule has 0 fully saturated rings. The molecule has 25 heavy (non-hydrogen) atoms. The average Bonchev–Trinajstić information content (AvgIpc) is 3.16. The van der Waals surface area contributed by atoms with Gasteiger partial charge in [-0.2, -0.15) is 0 Å². The third-order valence-electron chi connectivity index (χ3n) is 4.00. The molecule has 0 radical (unpaired) electrons. The maximum absolute atomic E-state index is 12.6. The number of carbonyl (C=O) groups excluding carboxylic acids is 2. The Morgan fingerprint density at radius 3 is 2.72 bits per heavy atom. The van der Waals surface area contributed by atoms with E-state index in [1.165, 1.54) is 23.3 Å². The van der Waals surface area contributed by atoms with E-state index in [1.807, 2.05) is 6.26 Å². The number of ketones is 1. The van der Waals surface area contributed by atoms with Crippen LogP contribution in [0.4, 0.5) is 5.13 Å². The SMILES string of the molecule is CSc1nc2c(c(=O)n1CC(=O)Nc1nc(C)c(C(C)=O)s1)CCC2. The molecular weight excluding hydrogens is 360 g/mol. The molecule has 2 aromatic rings. The van der Waals surface area contributed by atoms with E-state index < -0.39 is 0 Å². The fourth-order valence-corrected chi connectivity index (χ4v) is 4.33. The second-order valence-corrected chi connectivity index (χ2v) is 7.58. The Morgan fingerprint density at radius 1 is 1.32 bits per heavy atom. The molecule has 1 aliphatic rings. The molecule has 2 heterocycles. The maximum atomic E-state index is 12.6. The van der Waals surface area contributed by atoms with Crippen molar-refractivity contribution in [3.63, 3.8) is 0 Å². The van der Waals surface area contributed by atoms with Gasteiger partial charge in [0.2, 0.25) is 5.91 Å². The fourth-order valence-electron chi connectivity index (χ4n) is 2.88. The van der Waals surface area contributed by atoms with Gasteiger partial charge in [-0.25, -0.2) is 9.97 Å². The average molecular weight is 378 g/mol. The van der Waals surface area contributed by atoms with Crippen molar-refractivity contribution < 1.29 is 9.59 Å². The third kappa shape index (κ3) is 3.52. The number of rotatable bonds is 5. The molecule has 0 bridgehead atoms.